The molecule has 6 heteroatoms. The first-order valence-corrected chi connectivity index (χ1v) is 8.75. The molecule has 1 atom stereocenters. The Kier molecular flexibility index (Phi) is 7.55. The number of aryl methyl sites for hydroxylation is 2. The van der Waals surface area contributed by atoms with Gasteiger partial charge in [0.1, 0.15) is 0 Å². The summed E-state index contributed by atoms with van der Waals surface area (Å²) in [6.45, 7) is 16.0. The lowest BCUT2D eigenvalue weighted by Crippen LogP contribution is -2.47. The summed E-state index contributed by atoms with van der Waals surface area (Å²) >= 11 is 6.13. The third-order valence-electron chi connectivity index (χ3n) is 4.06. The van der Waals surface area contributed by atoms with Crippen molar-refractivity contribution in [2.24, 2.45) is 0 Å². The number of rotatable bonds is 8. The van der Waals surface area contributed by atoms with Crippen LogP contribution in [0.4, 0.5) is 0 Å². The molecular weight excluding hydrogens is 312 g/mol. The zero-order valence-corrected chi connectivity index (χ0v) is 16.2. The van der Waals surface area contributed by atoms with Gasteiger partial charge in [-0.25, -0.2) is 0 Å². The van der Waals surface area contributed by atoms with Crippen molar-refractivity contribution >= 4 is 17.5 Å². The summed E-state index contributed by atoms with van der Waals surface area (Å²) in [6.07, 6.45) is 0.409. The first-order chi connectivity index (χ1) is 10.6. The highest BCUT2D eigenvalue weighted by Gasteiger charge is 2.18. The molecule has 0 spiro atoms. The van der Waals surface area contributed by atoms with E-state index in [2.05, 4.69) is 49.9 Å². The minimum atomic E-state index is 0.0497. The molecular formula is C17H31ClN4O. The first kappa shape index (κ1) is 20.0. The number of halogens is 1. The molecule has 5 nitrogen and oxygen atoms in total. The van der Waals surface area contributed by atoms with Gasteiger partial charge in [-0.3, -0.25) is 14.4 Å². The molecule has 132 valence electrons. The highest BCUT2D eigenvalue weighted by atomic mass is 35.5. The van der Waals surface area contributed by atoms with Crippen LogP contribution in [0.1, 0.15) is 52.4 Å². The largest absolute Gasteiger partial charge is 0.352 e. The van der Waals surface area contributed by atoms with Gasteiger partial charge in [0.15, 0.2) is 0 Å². The summed E-state index contributed by atoms with van der Waals surface area (Å²) in [5.74, 6) is 0.0497. The predicted octanol–water partition coefficient (Wildman–Crippen LogP) is 3.17. The van der Waals surface area contributed by atoms with E-state index in [1.807, 2.05) is 13.8 Å². The van der Waals surface area contributed by atoms with E-state index < -0.39 is 0 Å². The highest BCUT2D eigenvalue weighted by Crippen LogP contribution is 2.18. The van der Waals surface area contributed by atoms with E-state index in [1.165, 1.54) is 0 Å². The standard InChI is InChI=1S/C17H31ClN4O/c1-11(2)21(12(3)4)10-13(5)19-16(23)8-9-22-15(7)17(18)14(6)20-22/h11-13H,8-10H2,1-7H3,(H,19,23)/t13-/m0/s1. The van der Waals surface area contributed by atoms with Crippen LogP contribution in [0.15, 0.2) is 0 Å². The zero-order valence-electron chi connectivity index (χ0n) is 15.5. The number of nitrogens with zero attached hydrogens (tertiary/aromatic N) is 3. The Labute approximate surface area is 145 Å². The molecule has 1 rings (SSSR count). The number of hydrogen-bond donors (Lipinski definition) is 1. The normalized spacial score (nSPS) is 13.2. The van der Waals surface area contributed by atoms with Gasteiger partial charge in [-0.15, -0.1) is 0 Å². The van der Waals surface area contributed by atoms with Crippen molar-refractivity contribution in [3.05, 3.63) is 16.4 Å². The molecule has 1 aromatic heterocycles. The summed E-state index contributed by atoms with van der Waals surface area (Å²) in [7, 11) is 0. The molecule has 23 heavy (non-hydrogen) atoms. The Bertz CT molecular complexity index is 517. The molecule has 0 unspecified atom stereocenters. The van der Waals surface area contributed by atoms with Crippen molar-refractivity contribution in [1.29, 1.82) is 0 Å². The molecule has 0 aliphatic heterocycles. The van der Waals surface area contributed by atoms with Gasteiger partial charge in [0, 0.05) is 31.1 Å². The summed E-state index contributed by atoms with van der Waals surface area (Å²) in [6, 6.07) is 1.05. The number of carbonyl (C=O) groups is 1. The fourth-order valence-corrected chi connectivity index (χ4v) is 2.96. The minimum Gasteiger partial charge on any atom is -0.352 e. The van der Waals surface area contributed by atoms with E-state index in [4.69, 9.17) is 11.6 Å². The Hall–Kier alpha value is -1.07. The highest BCUT2D eigenvalue weighted by molar-refractivity contribution is 6.31. The van der Waals surface area contributed by atoms with Gasteiger partial charge in [-0.05, 0) is 48.5 Å². The number of amides is 1. The maximum atomic E-state index is 12.1. The molecule has 0 aromatic carbocycles. The lowest BCUT2D eigenvalue weighted by molar-refractivity contribution is -0.122. The molecule has 0 aliphatic carbocycles. The molecule has 0 bridgehead atoms. The molecule has 1 N–H and O–H groups in total. The Balaban J connectivity index is 2.48. The van der Waals surface area contributed by atoms with E-state index in [0.717, 1.165) is 17.9 Å². The summed E-state index contributed by atoms with van der Waals surface area (Å²) < 4.78 is 1.80. The molecule has 0 saturated carbocycles. The Morgan fingerprint density at radius 1 is 1.22 bits per heavy atom. The van der Waals surface area contributed by atoms with Gasteiger partial charge in [-0.2, -0.15) is 5.10 Å². The van der Waals surface area contributed by atoms with Crippen LogP contribution in [0.3, 0.4) is 0 Å². The van der Waals surface area contributed by atoms with Crippen LogP contribution in [0, 0.1) is 13.8 Å². The summed E-state index contributed by atoms with van der Waals surface area (Å²) in [5, 5.41) is 8.11. The third kappa shape index (κ3) is 5.81. The van der Waals surface area contributed by atoms with Crippen molar-refractivity contribution in [1.82, 2.24) is 20.0 Å². The van der Waals surface area contributed by atoms with E-state index in [0.29, 0.717) is 30.1 Å². The van der Waals surface area contributed by atoms with Crippen LogP contribution >= 0.6 is 11.6 Å². The average Bonchev–Trinajstić information content (AvgIpc) is 2.69. The van der Waals surface area contributed by atoms with E-state index in [1.54, 1.807) is 4.68 Å². The quantitative estimate of drug-likeness (QED) is 0.789. The third-order valence-corrected chi connectivity index (χ3v) is 4.61. The maximum absolute atomic E-state index is 12.1. The topological polar surface area (TPSA) is 50.2 Å². The molecule has 1 aromatic rings. The van der Waals surface area contributed by atoms with Crippen LogP contribution in [0.5, 0.6) is 0 Å². The number of carbonyl (C=O) groups excluding carboxylic acids is 1. The Morgan fingerprint density at radius 3 is 2.22 bits per heavy atom. The molecule has 0 fully saturated rings. The van der Waals surface area contributed by atoms with E-state index >= 15 is 0 Å². The lowest BCUT2D eigenvalue weighted by Gasteiger charge is -2.33. The lowest BCUT2D eigenvalue weighted by atomic mass is 10.2. The second-order valence-corrected chi connectivity index (χ2v) is 7.19. The second kappa shape index (κ2) is 8.69. The van der Waals surface area contributed by atoms with Crippen molar-refractivity contribution in [2.75, 3.05) is 6.54 Å². The minimum absolute atomic E-state index is 0.0497. The van der Waals surface area contributed by atoms with Crippen LogP contribution in [0.2, 0.25) is 5.02 Å². The maximum Gasteiger partial charge on any atom is 0.222 e. The first-order valence-electron chi connectivity index (χ1n) is 8.38. The summed E-state index contributed by atoms with van der Waals surface area (Å²) in [5.41, 5.74) is 1.72. The second-order valence-electron chi connectivity index (χ2n) is 6.81. The Morgan fingerprint density at radius 2 is 1.78 bits per heavy atom. The van der Waals surface area contributed by atoms with Crippen molar-refractivity contribution in [3.8, 4) is 0 Å². The monoisotopic (exact) mass is 342 g/mol. The van der Waals surface area contributed by atoms with Gasteiger partial charge in [-0.1, -0.05) is 11.6 Å². The van der Waals surface area contributed by atoms with Crippen molar-refractivity contribution in [3.63, 3.8) is 0 Å². The predicted molar refractivity (Wildman–Crippen MR) is 95.9 cm³/mol. The molecule has 0 aliphatic rings. The van der Waals surface area contributed by atoms with Gasteiger partial charge < -0.3 is 5.32 Å². The van der Waals surface area contributed by atoms with Gasteiger partial charge in [0.05, 0.1) is 23.0 Å². The summed E-state index contributed by atoms with van der Waals surface area (Å²) in [4.78, 5) is 14.5. The van der Waals surface area contributed by atoms with E-state index in [9.17, 15) is 4.79 Å². The molecule has 0 radical (unpaired) electrons. The molecule has 0 saturated heterocycles. The van der Waals surface area contributed by atoms with Gasteiger partial charge in [0.2, 0.25) is 5.91 Å². The van der Waals surface area contributed by atoms with Crippen LogP contribution in [-0.2, 0) is 11.3 Å². The number of hydrogen-bond acceptors (Lipinski definition) is 3. The van der Waals surface area contributed by atoms with Crippen LogP contribution in [0.25, 0.3) is 0 Å². The fourth-order valence-electron chi connectivity index (χ4n) is 2.83. The fraction of sp³-hybridized carbons (Fsp3) is 0.765. The van der Waals surface area contributed by atoms with Crippen LogP contribution < -0.4 is 5.32 Å². The zero-order chi connectivity index (χ0) is 17.7. The SMILES string of the molecule is Cc1nn(CCC(=O)N[C@@H](C)CN(C(C)C)C(C)C)c(C)c1Cl. The van der Waals surface area contributed by atoms with Crippen molar-refractivity contribution in [2.45, 2.75) is 79.6 Å². The van der Waals surface area contributed by atoms with Crippen molar-refractivity contribution < 1.29 is 4.79 Å². The molecule has 1 amide bonds. The number of aromatic nitrogens is 2. The van der Waals surface area contributed by atoms with Gasteiger partial charge in [0.25, 0.3) is 0 Å². The smallest absolute Gasteiger partial charge is 0.222 e. The average molecular weight is 343 g/mol. The van der Waals surface area contributed by atoms with E-state index in [-0.39, 0.29) is 11.9 Å². The number of nitrogens with one attached hydrogen (secondary N) is 1. The van der Waals surface area contributed by atoms with Crippen LogP contribution in [-0.4, -0.2) is 45.3 Å². The van der Waals surface area contributed by atoms with Gasteiger partial charge >= 0.3 is 0 Å². The molecule has 1 heterocycles.